The van der Waals surface area contributed by atoms with Crippen molar-refractivity contribution in [3.05, 3.63) is 12.7 Å². The van der Waals surface area contributed by atoms with Crippen LogP contribution < -0.4 is 4.90 Å². The molecule has 2 N–H and O–H groups in total. The van der Waals surface area contributed by atoms with Crippen molar-refractivity contribution in [2.75, 3.05) is 24.6 Å². The van der Waals surface area contributed by atoms with Crippen LogP contribution in [-0.2, 0) is 0 Å². The van der Waals surface area contributed by atoms with Gasteiger partial charge in [-0.05, 0) is 18.8 Å². The van der Waals surface area contributed by atoms with E-state index in [9.17, 15) is 5.11 Å². The molecule has 1 unspecified atom stereocenters. The van der Waals surface area contributed by atoms with Crippen molar-refractivity contribution >= 4 is 17.0 Å². The first-order valence-corrected chi connectivity index (χ1v) is 7.16. The summed E-state index contributed by atoms with van der Waals surface area (Å²) < 4.78 is 0. The molecule has 2 aromatic rings. The number of fused-ring (bicyclic) bond motifs is 1. The molecule has 6 nitrogen and oxygen atoms in total. The van der Waals surface area contributed by atoms with Gasteiger partial charge in [0.1, 0.15) is 11.8 Å². The van der Waals surface area contributed by atoms with E-state index >= 15 is 0 Å². The Balaban J connectivity index is 1.96. The highest BCUT2D eigenvalue weighted by atomic mass is 16.3. The zero-order valence-corrected chi connectivity index (χ0v) is 12.0. The quantitative estimate of drug-likeness (QED) is 0.889. The largest absolute Gasteiger partial charge is 0.396 e. The number of H-pyrrole nitrogens is 1. The molecule has 6 heteroatoms. The van der Waals surface area contributed by atoms with Gasteiger partial charge in [0.15, 0.2) is 11.5 Å². The maximum atomic E-state index is 9.87. The van der Waals surface area contributed by atoms with E-state index in [0.29, 0.717) is 11.6 Å². The predicted molar refractivity (Wildman–Crippen MR) is 77.5 cm³/mol. The highest BCUT2D eigenvalue weighted by molar-refractivity contribution is 5.82. The standard InChI is InChI=1S/C14H21N5O/c1-10(2)14(7-20)4-3-5-19(6-14)13-11-12(16-8-15-11)17-9-18-13/h8-10,20H,3-7H2,1-2H3,(H,15,16,17,18). The average Bonchev–Trinajstić information content (AvgIpc) is 2.95. The number of aromatic nitrogens is 4. The van der Waals surface area contributed by atoms with Crippen molar-refractivity contribution in [2.24, 2.45) is 11.3 Å². The summed E-state index contributed by atoms with van der Waals surface area (Å²) in [6.07, 6.45) is 5.34. The number of hydrogen-bond acceptors (Lipinski definition) is 5. The summed E-state index contributed by atoms with van der Waals surface area (Å²) in [6, 6.07) is 0. The third-order valence-corrected chi connectivity index (χ3v) is 4.65. The molecule has 2 aromatic heterocycles. The molecule has 1 aliphatic heterocycles. The number of imidazole rings is 1. The summed E-state index contributed by atoms with van der Waals surface area (Å²) in [7, 11) is 0. The Morgan fingerprint density at radius 2 is 2.25 bits per heavy atom. The Bertz CT molecular complexity index is 596. The fourth-order valence-corrected chi connectivity index (χ4v) is 3.12. The van der Waals surface area contributed by atoms with Gasteiger partial charge in [-0.1, -0.05) is 13.8 Å². The fourth-order valence-electron chi connectivity index (χ4n) is 3.12. The Labute approximate surface area is 118 Å². The van der Waals surface area contributed by atoms with Crippen molar-refractivity contribution in [1.29, 1.82) is 0 Å². The number of aliphatic hydroxyl groups is 1. The Hall–Kier alpha value is -1.69. The summed E-state index contributed by atoms with van der Waals surface area (Å²) in [5.41, 5.74) is 1.53. The number of aromatic amines is 1. The van der Waals surface area contributed by atoms with Gasteiger partial charge in [0.25, 0.3) is 0 Å². The second kappa shape index (κ2) is 5.01. The van der Waals surface area contributed by atoms with Gasteiger partial charge >= 0.3 is 0 Å². The lowest BCUT2D eigenvalue weighted by molar-refractivity contribution is 0.0599. The van der Waals surface area contributed by atoms with E-state index in [4.69, 9.17) is 0 Å². The number of nitrogens with zero attached hydrogens (tertiary/aromatic N) is 4. The minimum absolute atomic E-state index is 0.0461. The topological polar surface area (TPSA) is 77.9 Å². The Kier molecular flexibility index (Phi) is 3.33. The molecule has 1 aliphatic rings. The summed E-state index contributed by atoms with van der Waals surface area (Å²) in [5.74, 6) is 1.33. The fraction of sp³-hybridized carbons (Fsp3) is 0.643. The molecule has 0 spiro atoms. The van der Waals surface area contributed by atoms with Gasteiger partial charge < -0.3 is 15.0 Å². The van der Waals surface area contributed by atoms with E-state index in [2.05, 4.69) is 38.7 Å². The highest BCUT2D eigenvalue weighted by Crippen LogP contribution is 2.38. The van der Waals surface area contributed by atoms with Crippen LogP contribution in [0, 0.1) is 11.3 Å². The van der Waals surface area contributed by atoms with Crippen LogP contribution in [0.4, 0.5) is 5.82 Å². The number of rotatable bonds is 3. The van der Waals surface area contributed by atoms with E-state index in [1.165, 1.54) is 0 Å². The van der Waals surface area contributed by atoms with Crippen molar-refractivity contribution in [3.63, 3.8) is 0 Å². The van der Waals surface area contributed by atoms with Gasteiger partial charge in [0.05, 0.1) is 12.9 Å². The van der Waals surface area contributed by atoms with Crippen molar-refractivity contribution in [1.82, 2.24) is 19.9 Å². The van der Waals surface area contributed by atoms with Crippen LogP contribution in [0.15, 0.2) is 12.7 Å². The zero-order valence-electron chi connectivity index (χ0n) is 12.0. The van der Waals surface area contributed by atoms with E-state index < -0.39 is 0 Å². The van der Waals surface area contributed by atoms with Gasteiger partial charge in [0.2, 0.25) is 0 Å². The normalized spacial score (nSPS) is 23.7. The number of piperidine rings is 1. The molecular weight excluding hydrogens is 254 g/mol. The van der Waals surface area contributed by atoms with Crippen LogP contribution in [0.1, 0.15) is 26.7 Å². The van der Waals surface area contributed by atoms with E-state index in [1.807, 2.05) is 0 Å². The Morgan fingerprint density at radius 1 is 1.40 bits per heavy atom. The summed E-state index contributed by atoms with van der Waals surface area (Å²) in [5, 5.41) is 9.87. The first-order chi connectivity index (χ1) is 9.66. The molecule has 0 saturated carbocycles. The molecule has 1 fully saturated rings. The maximum absolute atomic E-state index is 9.87. The molecule has 0 radical (unpaired) electrons. The molecule has 3 heterocycles. The third kappa shape index (κ3) is 2.04. The number of nitrogens with one attached hydrogen (secondary N) is 1. The molecular formula is C14H21N5O. The first kappa shape index (κ1) is 13.3. The van der Waals surface area contributed by atoms with Crippen molar-refractivity contribution in [3.8, 4) is 0 Å². The molecule has 108 valence electrons. The lowest BCUT2D eigenvalue weighted by atomic mass is 9.72. The monoisotopic (exact) mass is 275 g/mol. The molecule has 0 aliphatic carbocycles. The minimum atomic E-state index is -0.0461. The number of aliphatic hydroxyl groups excluding tert-OH is 1. The van der Waals surface area contributed by atoms with Crippen LogP contribution in [0.5, 0.6) is 0 Å². The van der Waals surface area contributed by atoms with Crippen LogP contribution in [0.3, 0.4) is 0 Å². The molecule has 20 heavy (non-hydrogen) atoms. The molecule has 0 aromatic carbocycles. The molecule has 3 rings (SSSR count). The third-order valence-electron chi connectivity index (χ3n) is 4.65. The second-order valence-electron chi connectivity index (χ2n) is 6.00. The molecule has 0 amide bonds. The first-order valence-electron chi connectivity index (χ1n) is 7.16. The summed E-state index contributed by atoms with van der Waals surface area (Å²) in [4.78, 5) is 18.1. The number of hydrogen-bond donors (Lipinski definition) is 2. The number of anilines is 1. The van der Waals surface area contributed by atoms with Gasteiger partial charge in [-0.3, -0.25) is 0 Å². The van der Waals surface area contributed by atoms with Crippen LogP contribution >= 0.6 is 0 Å². The van der Waals surface area contributed by atoms with Gasteiger partial charge in [-0.25, -0.2) is 15.0 Å². The van der Waals surface area contributed by atoms with Gasteiger partial charge in [-0.15, -0.1) is 0 Å². The molecule has 0 bridgehead atoms. The smallest absolute Gasteiger partial charge is 0.182 e. The maximum Gasteiger partial charge on any atom is 0.182 e. The summed E-state index contributed by atoms with van der Waals surface area (Å²) in [6.45, 7) is 6.38. The average molecular weight is 275 g/mol. The van der Waals surface area contributed by atoms with Gasteiger partial charge in [-0.2, -0.15) is 0 Å². The highest BCUT2D eigenvalue weighted by Gasteiger charge is 2.38. The zero-order chi connectivity index (χ0) is 14.2. The SMILES string of the molecule is CC(C)C1(CO)CCCN(c2ncnc3nc[nH]c23)C1. The Morgan fingerprint density at radius 3 is 3.00 bits per heavy atom. The van der Waals surface area contributed by atoms with Crippen molar-refractivity contribution < 1.29 is 5.11 Å². The molecule has 1 atom stereocenters. The van der Waals surface area contributed by atoms with Crippen molar-refractivity contribution in [2.45, 2.75) is 26.7 Å². The molecule has 1 saturated heterocycles. The second-order valence-corrected chi connectivity index (χ2v) is 6.00. The van der Waals surface area contributed by atoms with E-state index in [1.54, 1.807) is 12.7 Å². The van der Waals surface area contributed by atoms with E-state index in [0.717, 1.165) is 37.3 Å². The van der Waals surface area contributed by atoms with Crippen LogP contribution in [0.2, 0.25) is 0 Å². The van der Waals surface area contributed by atoms with Gasteiger partial charge in [0, 0.05) is 18.5 Å². The lowest BCUT2D eigenvalue weighted by Gasteiger charge is -2.45. The van der Waals surface area contributed by atoms with Crippen LogP contribution in [0.25, 0.3) is 11.2 Å². The van der Waals surface area contributed by atoms with Crippen LogP contribution in [-0.4, -0.2) is 44.7 Å². The lowest BCUT2D eigenvalue weighted by Crippen LogP contribution is -2.48. The predicted octanol–water partition coefficient (Wildman–Crippen LogP) is 1.59. The summed E-state index contributed by atoms with van der Waals surface area (Å²) >= 11 is 0. The minimum Gasteiger partial charge on any atom is -0.396 e. The van der Waals surface area contributed by atoms with E-state index in [-0.39, 0.29) is 12.0 Å².